The van der Waals surface area contributed by atoms with Crippen molar-refractivity contribution in [2.45, 2.75) is 171 Å². The molecule has 4 aromatic heterocycles. The van der Waals surface area contributed by atoms with Crippen LogP contribution in [-0.4, -0.2) is 162 Å². The van der Waals surface area contributed by atoms with Gasteiger partial charge in [0.1, 0.15) is 69.3 Å². The van der Waals surface area contributed by atoms with Gasteiger partial charge in [0.25, 0.3) is 0 Å². The maximum atomic E-state index is 13.6. The number of hydrogen-bond donors (Lipinski definition) is 0. The van der Waals surface area contributed by atoms with Crippen molar-refractivity contribution in [3.63, 3.8) is 0 Å². The molecule has 0 amide bonds. The Hall–Kier alpha value is -11.5. The van der Waals surface area contributed by atoms with Crippen LogP contribution in [-0.2, 0) is 54.6 Å². The first kappa shape index (κ1) is 89.3. The van der Waals surface area contributed by atoms with E-state index in [-0.39, 0.29) is 93.3 Å². The predicted molar refractivity (Wildman–Crippen MR) is 455 cm³/mol. The van der Waals surface area contributed by atoms with Gasteiger partial charge in [0.15, 0.2) is 22.3 Å². The summed E-state index contributed by atoms with van der Waals surface area (Å²) in [7, 11) is 2.11. The van der Waals surface area contributed by atoms with Crippen molar-refractivity contribution >= 4 is 84.8 Å². The number of nitrogens with zero attached hydrogens (tertiary/aromatic N) is 10. The quantitative estimate of drug-likeness (QED) is 0.0309. The number of rotatable bonds is 24. The van der Waals surface area contributed by atoms with Crippen molar-refractivity contribution in [1.82, 2.24) is 39.5 Å². The molecule has 658 valence electrons. The Kier molecular flexibility index (Phi) is 25.6. The van der Waals surface area contributed by atoms with Gasteiger partial charge in [0.05, 0.1) is 47.7 Å². The van der Waals surface area contributed by atoms with E-state index in [0.717, 1.165) is 61.2 Å². The number of aromatic nitrogens is 4. The molecule has 5 saturated heterocycles. The number of oxazole rings is 4. The summed E-state index contributed by atoms with van der Waals surface area (Å²) in [5.41, 5.74) is 11.1. The van der Waals surface area contributed by atoms with Gasteiger partial charge in [0.2, 0.25) is 23.6 Å². The molecule has 24 nitrogen and oxygen atoms in total. The molecule has 0 bridgehead atoms. The number of methoxy groups -OCH3 is 2. The van der Waals surface area contributed by atoms with Gasteiger partial charge in [-0.05, 0) is 184 Å². The van der Waals surface area contributed by atoms with E-state index in [2.05, 4.69) is 70.5 Å². The first-order valence-corrected chi connectivity index (χ1v) is 41.7. The molecular weight excluding hydrogens is 1710 g/mol. The van der Waals surface area contributed by atoms with Gasteiger partial charge in [-0.3, -0.25) is 29.2 Å². The number of ether oxygens (including phenoxy) is 6. The molecule has 0 aliphatic carbocycles. The molecule has 126 heavy (non-hydrogen) atoms. The number of halogens is 9. The molecular formula is C92H90BBrF8N10O14. The lowest BCUT2D eigenvalue weighted by molar-refractivity contribution is -0.146. The zero-order valence-electron chi connectivity index (χ0n) is 71.1. The summed E-state index contributed by atoms with van der Waals surface area (Å²) in [5, 5.41) is 20.0. The summed E-state index contributed by atoms with van der Waals surface area (Å²) < 4.78 is 173. The molecule has 0 radical (unpaired) electrons. The van der Waals surface area contributed by atoms with E-state index in [4.69, 9.17) is 70.4 Å². The highest BCUT2D eigenvalue weighted by atomic mass is 79.9. The fourth-order valence-electron chi connectivity index (χ4n) is 17.2. The Morgan fingerprint density at radius 1 is 0.460 bits per heavy atom. The van der Waals surface area contributed by atoms with E-state index in [1.54, 1.807) is 72.8 Å². The van der Waals surface area contributed by atoms with Crippen LogP contribution in [0.5, 0.6) is 23.0 Å². The number of carbonyl (C=O) groups excluding carboxylic acids is 2. The zero-order chi connectivity index (χ0) is 89.8. The van der Waals surface area contributed by atoms with Gasteiger partial charge in [-0.2, -0.15) is 45.6 Å². The number of likely N-dealkylation sites (tertiary alicyclic amines) is 4. The van der Waals surface area contributed by atoms with Gasteiger partial charge in [-0.25, -0.2) is 19.9 Å². The highest BCUT2D eigenvalue weighted by Gasteiger charge is 2.52. The molecule has 9 heterocycles. The van der Waals surface area contributed by atoms with Crippen molar-refractivity contribution in [1.29, 1.82) is 10.5 Å². The number of esters is 2. The highest BCUT2D eigenvalue weighted by molar-refractivity contribution is 9.10. The second-order valence-electron chi connectivity index (χ2n) is 34.4. The van der Waals surface area contributed by atoms with Crippen molar-refractivity contribution < 1.29 is 100 Å². The lowest BCUT2D eigenvalue weighted by Gasteiger charge is -2.46. The fourth-order valence-corrected chi connectivity index (χ4v) is 17.7. The molecule has 0 N–H and O–H groups in total. The lowest BCUT2D eigenvalue weighted by Crippen LogP contribution is -2.52. The van der Waals surface area contributed by atoms with Gasteiger partial charge >= 0.3 is 45.5 Å². The summed E-state index contributed by atoms with van der Waals surface area (Å²) in [4.78, 5) is 51.3. The summed E-state index contributed by atoms with van der Waals surface area (Å²) >= 11 is 3.35. The van der Waals surface area contributed by atoms with Crippen LogP contribution in [0.15, 0.2) is 143 Å². The summed E-state index contributed by atoms with van der Waals surface area (Å²) in [6.07, 6.45) is 2.79. The second-order valence-corrected chi connectivity index (χ2v) is 35.3. The topological polar surface area (TPSA) is 273 Å². The van der Waals surface area contributed by atoms with E-state index in [0.29, 0.717) is 138 Å². The summed E-state index contributed by atoms with van der Waals surface area (Å²) in [6, 6.07) is 37.6. The van der Waals surface area contributed by atoms with Gasteiger partial charge in [-0.15, -0.1) is 0 Å². The molecule has 0 saturated carbocycles. The van der Waals surface area contributed by atoms with Crippen LogP contribution in [0.1, 0.15) is 126 Å². The molecule has 0 unspecified atom stereocenters. The van der Waals surface area contributed by atoms with Crippen LogP contribution in [0.4, 0.5) is 35.1 Å². The van der Waals surface area contributed by atoms with Gasteiger partial charge < -0.3 is 55.4 Å². The maximum absolute atomic E-state index is 13.6. The van der Waals surface area contributed by atoms with Crippen molar-refractivity contribution in [3.8, 4) is 92.1 Å². The normalized spacial score (nSPS) is 17.9. The summed E-state index contributed by atoms with van der Waals surface area (Å²) in [6.45, 7) is 14.2. The molecule has 34 heteroatoms. The molecule has 8 aromatic carbocycles. The van der Waals surface area contributed by atoms with Crippen LogP contribution >= 0.6 is 15.9 Å². The van der Waals surface area contributed by atoms with Crippen LogP contribution in [0.25, 0.3) is 101 Å². The predicted octanol–water partition coefficient (Wildman–Crippen LogP) is 19.7. The van der Waals surface area contributed by atoms with E-state index in [1.807, 2.05) is 75.6 Å². The highest BCUT2D eigenvalue weighted by Crippen LogP contribution is 2.45. The average molecular weight is 1800 g/mol. The molecule has 5 aliphatic heterocycles. The SMILES string of the molecule is CC1(C)CN(Cc2cc3nc(-c4cccc(Br)c4C#N)oc3cc2OC(F)F)C1.COC(=O)[C@@H]1CCCN1Cc1cc2nc(-c3cccc(-c4cccc(-c5nc6cc(CN7CC(C)(C)C7)c(OC(F)F)cc6o5)c4C#N)c3C)oc2cc1OC(F)F.COC(=O)[C@@H]1CCCN1Cc1cc2nc(-c3cccc(B4OC(C)(C)C(C)(C)O4)c3C)oc2cc1OC(F)F. The Labute approximate surface area is 728 Å². The maximum Gasteiger partial charge on any atom is 0.495 e. The van der Waals surface area contributed by atoms with Crippen LogP contribution in [0, 0.1) is 47.3 Å². The number of alkyl halides is 8. The monoisotopic (exact) mass is 1800 g/mol. The van der Waals surface area contributed by atoms with E-state index in [1.165, 1.54) is 38.5 Å². The fraction of sp³-hybridized carbons (Fsp3) is 0.391. The summed E-state index contributed by atoms with van der Waals surface area (Å²) in [5.74, 6) is 0.197. The molecule has 2 atom stereocenters. The third-order valence-electron chi connectivity index (χ3n) is 23.7. The Balaban J connectivity index is 0.000000156. The minimum Gasteiger partial charge on any atom is -0.468 e. The average Bonchev–Trinajstić information content (AvgIpc) is 1.59. The lowest BCUT2D eigenvalue weighted by atomic mass is 9.75. The minimum atomic E-state index is -3.09. The first-order chi connectivity index (χ1) is 59.9. The third-order valence-corrected chi connectivity index (χ3v) is 24.4. The Morgan fingerprint density at radius 3 is 1.15 bits per heavy atom. The number of nitriles is 2. The van der Waals surface area contributed by atoms with Crippen molar-refractivity contribution in [2.24, 2.45) is 10.8 Å². The standard InChI is InChI=1S/C43H39F4N5O6.C28H33BF2N2O6.C21H18BrF2N3O2/c1-23-26(8-5-9-27(23)38-49-32-15-25(35(58-42(46)47)17-36(32)55-38)20-52-13-7-12-33(52)40(53)54-4)28-10-6-11-29(30(28)18-48)39-50-31-14-24(19-51-21-43(2,3)22-51)34(57-41(44)45)16-37(31)56-39;1-16-18(9-7-10-19(16)29-38-27(2,3)28(4,5)39-29)24-32-20-13-17(22(37-26(30)31)14-23(20)36-24)15-33-12-8-11-21(33)25(34)35-6;1-21(2)10-27(11-21)9-12-6-16-18(7-17(12)29-20(23)24)28-19(26-16)13-4-3-5-15(22)14(13)8-25/h5-6,8-11,14-17,33,41-42H,7,12-13,19-22H2,1-4H3;7,9-10,13-14,21,26H,8,11-12,15H2,1-6H3;3-7,20H,9-11H2,1-2H3/t33-;21-;/m00./s1. The molecule has 5 fully saturated rings. The third kappa shape index (κ3) is 19.0. The van der Waals surface area contributed by atoms with Crippen LogP contribution < -0.4 is 24.4 Å². The van der Waals surface area contributed by atoms with E-state index in [9.17, 15) is 55.2 Å². The van der Waals surface area contributed by atoms with Crippen LogP contribution in [0.3, 0.4) is 0 Å². The number of fused-ring (bicyclic) bond motifs is 4. The van der Waals surface area contributed by atoms with Gasteiger partial charge in [-0.1, -0.05) is 70.2 Å². The molecule has 17 rings (SSSR count). The molecule has 5 aliphatic rings. The first-order valence-electron chi connectivity index (χ1n) is 40.9. The zero-order valence-corrected chi connectivity index (χ0v) is 72.7. The minimum absolute atomic E-state index is 0.00332. The van der Waals surface area contributed by atoms with Crippen molar-refractivity contribution in [2.75, 3.05) is 53.5 Å². The van der Waals surface area contributed by atoms with Crippen molar-refractivity contribution in [3.05, 3.63) is 170 Å². The molecule has 0 spiro atoms. The van der Waals surface area contributed by atoms with Gasteiger partial charge in [0, 0.05) is 120 Å². The second kappa shape index (κ2) is 36.1. The molecule has 12 aromatic rings. The Bertz CT molecular complexity index is 6190. The number of benzene rings is 8. The van der Waals surface area contributed by atoms with Crippen LogP contribution in [0.2, 0.25) is 0 Å². The smallest absolute Gasteiger partial charge is 0.468 e. The van der Waals surface area contributed by atoms with E-state index < -0.39 is 56.9 Å². The Morgan fingerprint density at radius 2 is 0.786 bits per heavy atom. The largest absolute Gasteiger partial charge is 0.495 e. The number of hydrogen-bond acceptors (Lipinski definition) is 24. The number of carbonyl (C=O) groups is 2. The van der Waals surface area contributed by atoms with E-state index >= 15 is 0 Å².